The molecule has 1 N–H and O–H groups in total. The Morgan fingerprint density at radius 2 is 1.82 bits per heavy atom. The molecule has 0 bridgehead atoms. The van der Waals surface area contributed by atoms with Crippen LogP contribution in [0, 0.1) is 13.8 Å². The van der Waals surface area contributed by atoms with Crippen molar-refractivity contribution in [1.29, 1.82) is 0 Å². The van der Waals surface area contributed by atoms with Crippen molar-refractivity contribution in [3.8, 4) is 0 Å². The smallest absolute Gasteiger partial charge is 0.325 e. The van der Waals surface area contributed by atoms with Gasteiger partial charge in [0.1, 0.15) is 11.3 Å². The number of imide groups is 1. The first-order valence-electron chi connectivity index (χ1n) is 9.03. The summed E-state index contributed by atoms with van der Waals surface area (Å²) in [5.74, 6) is -0.456. The maximum absolute atomic E-state index is 13.0. The van der Waals surface area contributed by atoms with Crippen LogP contribution in [0.2, 0.25) is 0 Å². The molecule has 1 saturated heterocycles. The highest BCUT2D eigenvalue weighted by molar-refractivity contribution is 6.11. The van der Waals surface area contributed by atoms with Crippen LogP contribution in [0.25, 0.3) is 11.0 Å². The SMILES string of the molecule is Cc1ccc(C(=O)CN2C(=O)NC(C)(c3cc4ccccc4o3)C2=O)cc1C. The van der Waals surface area contributed by atoms with E-state index >= 15 is 0 Å². The fourth-order valence-corrected chi connectivity index (χ4v) is 3.39. The first-order chi connectivity index (χ1) is 13.3. The Labute approximate surface area is 162 Å². The molecule has 3 aromatic rings. The molecule has 1 aromatic heterocycles. The lowest BCUT2D eigenvalue weighted by atomic mass is 9.98. The minimum atomic E-state index is -1.35. The molecule has 0 aliphatic carbocycles. The van der Waals surface area contributed by atoms with E-state index in [0.29, 0.717) is 16.9 Å². The van der Waals surface area contributed by atoms with Gasteiger partial charge in [0.25, 0.3) is 5.91 Å². The molecule has 2 heterocycles. The number of rotatable bonds is 4. The molecule has 0 radical (unpaired) electrons. The number of furan rings is 1. The highest BCUT2D eigenvalue weighted by Gasteiger charge is 2.51. The number of Topliss-reactive ketones (excluding diaryl/α,β-unsaturated/α-hetero) is 1. The van der Waals surface area contributed by atoms with Gasteiger partial charge in [0, 0.05) is 10.9 Å². The molecular weight excluding hydrogens is 356 g/mol. The van der Waals surface area contributed by atoms with Gasteiger partial charge in [-0.2, -0.15) is 0 Å². The highest BCUT2D eigenvalue weighted by Crippen LogP contribution is 2.33. The van der Waals surface area contributed by atoms with Crippen LogP contribution in [0.15, 0.2) is 52.9 Å². The van der Waals surface area contributed by atoms with E-state index in [1.54, 1.807) is 31.2 Å². The number of hydrogen-bond donors (Lipinski definition) is 1. The number of benzene rings is 2. The predicted octanol–water partition coefficient (Wildman–Crippen LogP) is 3.70. The van der Waals surface area contributed by atoms with Crippen molar-refractivity contribution in [2.75, 3.05) is 6.54 Å². The van der Waals surface area contributed by atoms with Gasteiger partial charge in [-0.1, -0.05) is 30.3 Å². The Kier molecular flexibility index (Phi) is 4.07. The molecule has 0 spiro atoms. The summed E-state index contributed by atoms with van der Waals surface area (Å²) in [6, 6.07) is 13.8. The minimum Gasteiger partial charge on any atom is -0.458 e. The fraction of sp³-hybridized carbons (Fsp3) is 0.227. The molecule has 6 heteroatoms. The van der Waals surface area contributed by atoms with E-state index in [4.69, 9.17) is 4.42 Å². The van der Waals surface area contributed by atoms with E-state index in [1.807, 2.05) is 38.1 Å². The molecule has 1 aliphatic rings. The van der Waals surface area contributed by atoms with Crippen molar-refractivity contribution in [1.82, 2.24) is 10.2 Å². The molecule has 3 amide bonds. The molecule has 4 rings (SSSR count). The lowest BCUT2D eigenvalue weighted by Crippen LogP contribution is -2.41. The van der Waals surface area contributed by atoms with Gasteiger partial charge in [0.05, 0.1) is 6.54 Å². The lowest BCUT2D eigenvalue weighted by Gasteiger charge is -2.18. The van der Waals surface area contributed by atoms with E-state index in [0.717, 1.165) is 21.4 Å². The van der Waals surface area contributed by atoms with Crippen LogP contribution in [0.5, 0.6) is 0 Å². The lowest BCUT2D eigenvalue weighted by molar-refractivity contribution is -0.131. The van der Waals surface area contributed by atoms with Gasteiger partial charge in [0.15, 0.2) is 11.3 Å². The van der Waals surface area contributed by atoms with Gasteiger partial charge in [0.2, 0.25) is 0 Å². The fourth-order valence-electron chi connectivity index (χ4n) is 3.39. The molecule has 28 heavy (non-hydrogen) atoms. The van der Waals surface area contributed by atoms with Crippen molar-refractivity contribution >= 4 is 28.7 Å². The molecule has 1 atom stereocenters. The number of hydrogen-bond acceptors (Lipinski definition) is 4. The number of para-hydroxylation sites is 1. The van der Waals surface area contributed by atoms with Crippen molar-refractivity contribution < 1.29 is 18.8 Å². The van der Waals surface area contributed by atoms with Gasteiger partial charge >= 0.3 is 6.03 Å². The number of nitrogens with zero attached hydrogens (tertiary/aromatic N) is 1. The molecule has 1 fully saturated rings. The minimum absolute atomic E-state index is 0.291. The maximum atomic E-state index is 13.0. The van der Waals surface area contributed by atoms with Gasteiger partial charge in [-0.05, 0) is 50.1 Å². The van der Waals surface area contributed by atoms with Gasteiger partial charge < -0.3 is 9.73 Å². The Morgan fingerprint density at radius 1 is 1.07 bits per heavy atom. The van der Waals surface area contributed by atoms with Crippen LogP contribution in [0.1, 0.15) is 34.2 Å². The van der Waals surface area contributed by atoms with Crippen molar-refractivity contribution in [2.24, 2.45) is 0 Å². The third kappa shape index (κ3) is 2.78. The topological polar surface area (TPSA) is 79.6 Å². The zero-order valence-electron chi connectivity index (χ0n) is 15.9. The van der Waals surface area contributed by atoms with Crippen LogP contribution in [0.3, 0.4) is 0 Å². The van der Waals surface area contributed by atoms with Crippen LogP contribution in [-0.2, 0) is 10.3 Å². The van der Waals surface area contributed by atoms with Crippen LogP contribution in [-0.4, -0.2) is 29.2 Å². The number of aryl methyl sites for hydroxylation is 2. The van der Waals surface area contributed by atoms with E-state index < -0.39 is 17.5 Å². The number of carbonyl (C=O) groups excluding carboxylic acids is 3. The van der Waals surface area contributed by atoms with Crippen LogP contribution < -0.4 is 5.32 Å². The standard InChI is InChI=1S/C22H20N2O4/c1-13-8-9-15(10-14(13)2)17(25)12-24-20(26)22(3,23-21(24)27)19-11-16-6-4-5-7-18(16)28-19/h4-11H,12H2,1-3H3,(H,23,27). The van der Waals surface area contributed by atoms with E-state index in [2.05, 4.69) is 5.32 Å². The Morgan fingerprint density at radius 3 is 2.54 bits per heavy atom. The molecule has 2 aromatic carbocycles. The number of amides is 3. The second-order valence-corrected chi connectivity index (χ2v) is 7.32. The summed E-state index contributed by atoms with van der Waals surface area (Å²) in [6.07, 6.45) is 0. The summed E-state index contributed by atoms with van der Waals surface area (Å²) in [5, 5.41) is 3.51. The molecule has 1 aliphatic heterocycles. The number of fused-ring (bicyclic) bond motifs is 1. The molecular formula is C22H20N2O4. The summed E-state index contributed by atoms with van der Waals surface area (Å²) < 4.78 is 5.79. The van der Waals surface area contributed by atoms with Gasteiger partial charge in [-0.25, -0.2) is 4.79 Å². The molecule has 0 saturated carbocycles. The Bertz CT molecular complexity index is 1100. The molecule has 6 nitrogen and oxygen atoms in total. The summed E-state index contributed by atoms with van der Waals surface area (Å²) in [4.78, 5) is 39.1. The first kappa shape index (κ1) is 18.0. The zero-order chi connectivity index (χ0) is 20.1. The summed E-state index contributed by atoms with van der Waals surface area (Å²) >= 11 is 0. The average Bonchev–Trinajstić information content (AvgIpc) is 3.20. The van der Waals surface area contributed by atoms with Gasteiger partial charge in [-0.3, -0.25) is 14.5 Å². The van der Waals surface area contributed by atoms with E-state index in [9.17, 15) is 14.4 Å². The third-order valence-electron chi connectivity index (χ3n) is 5.32. The highest BCUT2D eigenvalue weighted by atomic mass is 16.3. The van der Waals surface area contributed by atoms with Crippen molar-refractivity contribution in [3.63, 3.8) is 0 Å². The second-order valence-electron chi connectivity index (χ2n) is 7.32. The summed E-state index contributed by atoms with van der Waals surface area (Å²) in [7, 11) is 0. The van der Waals surface area contributed by atoms with Gasteiger partial charge in [-0.15, -0.1) is 0 Å². The normalized spacial score (nSPS) is 19.3. The molecule has 1 unspecified atom stereocenters. The van der Waals surface area contributed by atoms with Crippen molar-refractivity contribution in [3.05, 3.63) is 71.0 Å². The number of ketones is 1. The second kappa shape index (κ2) is 6.34. The largest absolute Gasteiger partial charge is 0.458 e. The summed E-state index contributed by atoms with van der Waals surface area (Å²) in [5.41, 5.74) is 1.81. The number of nitrogens with one attached hydrogen (secondary N) is 1. The van der Waals surface area contributed by atoms with E-state index in [1.165, 1.54) is 0 Å². The quantitative estimate of drug-likeness (QED) is 0.556. The predicted molar refractivity (Wildman–Crippen MR) is 104 cm³/mol. The van der Waals surface area contributed by atoms with Crippen LogP contribution in [0.4, 0.5) is 4.79 Å². The van der Waals surface area contributed by atoms with E-state index in [-0.39, 0.29) is 12.3 Å². The average molecular weight is 376 g/mol. The maximum Gasteiger partial charge on any atom is 0.325 e. The Balaban J connectivity index is 1.61. The Hall–Kier alpha value is -3.41. The number of carbonyl (C=O) groups is 3. The molecule has 142 valence electrons. The first-order valence-corrected chi connectivity index (χ1v) is 9.03. The zero-order valence-corrected chi connectivity index (χ0v) is 15.9. The monoisotopic (exact) mass is 376 g/mol. The summed E-state index contributed by atoms with van der Waals surface area (Å²) in [6.45, 7) is 5.15. The van der Waals surface area contributed by atoms with Crippen molar-refractivity contribution in [2.45, 2.75) is 26.3 Å². The van der Waals surface area contributed by atoms with Crippen LogP contribution >= 0.6 is 0 Å². The number of urea groups is 1. The third-order valence-corrected chi connectivity index (χ3v) is 5.32.